The molecule has 166 valence electrons. The predicted octanol–water partition coefficient (Wildman–Crippen LogP) is 5.02. The van der Waals surface area contributed by atoms with Crippen LogP contribution in [0.1, 0.15) is 37.9 Å². The summed E-state index contributed by atoms with van der Waals surface area (Å²) in [7, 11) is 0. The molecule has 1 aliphatic heterocycles. The lowest BCUT2D eigenvalue weighted by atomic mass is 9.95. The number of benzene rings is 2. The summed E-state index contributed by atoms with van der Waals surface area (Å²) in [6.07, 6.45) is 0. The third-order valence-corrected chi connectivity index (χ3v) is 5.97. The van der Waals surface area contributed by atoms with Crippen molar-refractivity contribution in [2.45, 2.75) is 38.9 Å². The van der Waals surface area contributed by atoms with Crippen molar-refractivity contribution >= 4 is 29.3 Å². The molecule has 32 heavy (non-hydrogen) atoms. The summed E-state index contributed by atoms with van der Waals surface area (Å²) in [5.41, 5.74) is 4.08. The van der Waals surface area contributed by atoms with Gasteiger partial charge in [-0.15, -0.1) is 5.10 Å². The summed E-state index contributed by atoms with van der Waals surface area (Å²) in [4.78, 5) is 18.1. The van der Waals surface area contributed by atoms with E-state index in [1.165, 1.54) is 0 Å². The molecule has 1 aromatic heterocycles. The van der Waals surface area contributed by atoms with Gasteiger partial charge in [-0.2, -0.15) is 4.98 Å². The SMILES string of the molecule is CCOc1ccc(C2C(C(=O)Nc3ccccc3C)=C(C)Nc3nc(SCC)nn32)cc1. The summed E-state index contributed by atoms with van der Waals surface area (Å²) in [5, 5.41) is 11.7. The zero-order valence-corrected chi connectivity index (χ0v) is 19.5. The number of carbonyl (C=O) groups excluding carboxylic acids is 1. The second kappa shape index (κ2) is 9.48. The molecule has 1 unspecified atom stereocenters. The van der Waals surface area contributed by atoms with Crippen LogP contribution in [0.15, 0.2) is 65.0 Å². The molecule has 0 radical (unpaired) electrons. The third-order valence-electron chi connectivity index (χ3n) is 5.25. The van der Waals surface area contributed by atoms with Crippen molar-refractivity contribution in [2.24, 2.45) is 0 Å². The molecule has 3 aromatic rings. The monoisotopic (exact) mass is 449 g/mol. The smallest absolute Gasteiger partial charge is 0.255 e. The van der Waals surface area contributed by atoms with Crippen LogP contribution in [0.25, 0.3) is 0 Å². The molecule has 0 saturated heterocycles. The minimum Gasteiger partial charge on any atom is -0.494 e. The van der Waals surface area contributed by atoms with Gasteiger partial charge in [-0.1, -0.05) is 49.0 Å². The Bertz CT molecular complexity index is 1150. The summed E-state index contributed by atoms with van der Waals surface area (Å²) in [6.45, 7) is 8.49. The van der Waals surface area contributed by atoms with E-state index in [4.69, 9.17) is 9.84 Å². The van der Waals surface area contributed by atoms with Crippen LogP contribution in [0.4, 0.5) is 11.6 Å². The number of hydrogen-bond acceptors (Lipinski definition) is 6. The molecule has 4 rings (SSSR count). The van der Waals surface area contributed by atoms with Crippen molar-refractivity contribution < 1.29 is 9.53 Å². The zero-order valence-electron chi connectivity index (χ0n) is 18.7. The number of aryl methyl sites for hydroxylation is 1. The maximum Gasteiger partial charge on any atom is 0.255 e. The minimum atomic E-state index is -0.412. The quantitative estimate of drug-likeness (QED) is 0.493. The van der Waals surface area contributed by atoms with Gasteiger partial charge in [-0.25, -0.2) is 4.68 Å². The van der Waals surface area contributed by atoms with Gasteiger partial charge in [0.1, 0.15) is 11.8 Å². The van der Waals surface area contributed by atoms with Gasteiger partial charge in [0.25, 0.3) is 5.91 Å². The van der Waals surface area contributed by atoms with E-state index in [-0.39, 0.29) is 5.91 Å². The highest BCUT2D eigenvalue weighted by Gasteiger charge is 2.34. The number of amides is 1. The van der Waals surface area contributed by atoms with Crippen molar-refractivity contribution in [1.29, 1.82) is 0 Å². The van der Waals surface area contributed by atoms with E-state index < -0.39 is 6.04 Å². The Labute approximate surface area is 192 Å². The van der Waals surface area contributed by atoms with Crippen molar-refractivity contribution in [3.8, 4) is 5.75 Å². The fourth-order valence-corrected chi connectivity index (χ4v) is 4.29. The van der Waals surface area contributed by atoms with Crippen molar-refractivity contribution in [1.82, 2.24) is 14.8 Å². The van der Waals surface area contributed by atoms with E-state index >= 15 is 0 Å². The number of fused-ring (bicyclic) bond motifs is 1. The first-order valence-corrected chi connectivity index (χ1v) is 11.7. The van der Waals surface area contributed by atoms with Crippen LogP contribution in [0, 0.1) is 6.92 Å². The number of allylic oxidation sites excluding steroid dienone is 1. The number of ether oxygens (including phenoxy) is 1. The molecule has 0 fully saturated rings. The fourth-order valence-electron chi connectivity index (χ4n) is 3.74. The second-order valence-electron chi connectivity index (χ2n) is 7.43. The van der Waals surface area contributed by atoms with Crippen LogP contribution in [-0.2, 0) is 4.79 Å². The Kier molecular flexibility index (Phi) is 6.50. The standard InChI is InChI=1S/C24H27N5O2S/c1-5-31-18-13-11-17(12-14-18)21-20(22(30)26-19-10-8-7-9-15(19)3)16(4)25-23-27-24(32-6-2)28-29(21)23/h7-14,21H,5-6H2,1-4H3,(H,26,30)(H,25,27,28). The molecule has 1 amide bonds. The molecular formula is C24H27N5O2S. The van der Waals surface area contributed by atoms with E-state index in [0.717, 1.165) is 34.0 Å². The maximum atomic E-state index is 13.5. The van der Waals surface area contributed by atoms with Crippen LogP contribution in [-0.4, -0.2) is 33.0 Å². The molecule has 2 aromatic carbocycles. The Balaban J connectivity index is 1.76. The van der Waals surface area contributed by atoms with E-state index in [0.29, 0.717) is 23.3 Å². The van der Waals surface area contributed by atoms with Gasteiger partial charge in [0, 0.05) is 11.4 Å². The first-order chi connectivity index (χ1) is 15.5. The molecule has 0 bridgehead atoms. The molecule has 1 aliphatic rings. The summed E-state index contributed by atoms with van der Waals surface area (Å²) >= 11 is 1.57. The Morgan fingerprint density at radius 3 is 2.59 bits per heavy atom. The topological polar surface area (TPSA) is 81.1 Å². The Morgan fingerprint density at radius 2 is 1.91 bits per heavy atom. The van der Waals surface area contributed by atoms with Crippen LogP contribution in [0.3, 0.4) is 0 Å². The molecule has 0 aliphatic carbocycles. The predicted molar refractivity (Wildman–Crippen MR) is 128 cm³/mol. The average Bonchev–Trinajstić information content (AvgIpc) is 3.17. The van der Waals surface area contributed by atoms with Gasteiger partial charge in [-0.05, 0) is 55.9 Å². The van der Waals surface area contributed by atoms with Crippen molar-refractivity contribution in [2.75, 3.05) is 23.0 Å². The van der Waals surface area contributed by atoms with E-state index in [9.17, 15) is 4.79 Å². The molecule has 1 atom stereocenters. The maximum absolute atomic E-state index is 13.5. The number of para-hydroxylation sites is 1. The van der Waals surface area contributed by atoms with Gasteiger partial charge < -0.3 is 15.4 Å². The molecule has 2 heterocycles. The lowest BCUT2D eigenvalue weighted by molar-refractivity contribution is -0.113. The first kappa shape index (κ1) is 22.0. The van der Waals surface area contributed by atoms with Crippen LogP contribution < -0.4 is 15.4 Å². The lowest BCUT2D eigenvalue weighted by Gasteiger charge is -2.29. The highest BCUT2D eigenvalue weighted by molar-refractivity contribution is 7.99. The third kappa shape index (κ3) is 4.36. The number of nitrogens with zero attached hydrogens (tertiary/aromatic N) is 3. The summed E-state index contributed by atoms with van der Waals surface area (Å²) in [6, 6.07) is 15.1. The van der Waals surface area contributed by atoms with Crippen LogP contribution >= 0.6 is 11.8 Å². The molecular weight excluding hydrogens is 422 g/mol. The molecule has 8 heteroatoms. The number of hydrogen-bond donors (Lipinski definition) is 2. The van der Waals surface area contributed by atoms with E-state index in [1.807, 2.05) is 69.3 Å². The lowest BCUT2D eigenvalue weighted by Crippen LogP contribution is -2.31. The van der Waals surface area contributed by atoms with Gasteiger partial charge in [0.05, 0.1) is 12.2 Å². The fraction of sp³-hybridized carbons (Fsp3) is 0.292. The van der Waals surface area contributed by atoms with Gasteiger partial charge in [0.2, 0.25) is 11.1 Å². The Morgan fingerprint density at radius 1 is 1.16 bits per heavy atom. The second-order valence-corrected chi connectivity index (χ2v) is 8.66. The number of aromatic nitrogens is 3. The van der Waals surface area contributed by atoms with Crippen molar-refractivity contribution in [3.63, 3.8) is 0 Å². The average molecular weight is 450 g/mol. The zero-order chi connectivity index (χ0) is 22.7. The highest BCUT2D eigenvalue weighted by Crippen LogP contribution is 2.37. The minimum absolute atomic E-state index is 0.172. The molecule has 2 N–H and O–H groups in total. The molecule has 7 nitrogen and oxygen atoms in total. The number of nitrogens with one attached hydrogen (secondary N) is 2. The largest absolute Gasteiger partial charge is 0.494 e. The molecule has 0 spiro atoms. The van der Waals surface area contributed by atoms with Crippen LogP contribution in [0.5, 0.6) is 5.75 Å². The summed E-state index contributed by atoms with van der Waals surface area (Å²) in [5.74, 6) is 2.11. The number of anilines is 2. The van der Waals surface area contributed by atoms with Gasteiger partial charge in [0.15, 0.2) is 0 Å². The number of rotatable bonds is 7. The normalized spacial score (nSPS) is 15.2. The Hall–Kier alpha value is -3.26. The van der Waals surface area contributed by atoms with Gasteiger partial charge >= 0.3 is 0 Å². The van der Waals surface area contributed by atoms with Gasteiger partial charge in [-0.3, -0.25) is 4.79 Å². The van der Waals surface area contributed by atoms with E-state index in [2.05, 4.69) is 22.5 Å². The first-order valence-electron chi connectivity index (χ1n) is 10.7. The number of thioether (sulfide) groups is 1. The number of carbonyl (C=O) groups is 1. The van der Waals surface area contributed by atoms with Crippen molar-refractivity contribution in [3.05, 3.63) is 70.9 Å². The van der Waals surface area contributed by atoms with Crippen LogP contribution in [0.2, 0.25) is 0 Å². The molecule has 0 saturated carbocycles. The van der Waals surface area contributed by atoms with E-state index in [1.54, 1.807) is 16.4 Å². The summed E-state index contributed by atoms with van der Waals surface area (Å²) < 4.78 is 7.40. The highest BCUT2D eigenvalue weighted by atomic mass is 32.2.